The van der Waals surface area contributed by atoms with Gasteiger partial charge in [-0.25, -0.2) is 9.98 Å². The van der Waals surface area contributed by atoms with Gasteiger partial charge in [0, 0.05) is 11.1 Å². The van der Waals surface area contributed by atoms with Crippen LogP contribution >= 0.6 is 31.5 Å². The van der Waals surface area contributed by atoms with Crippen molar-refractivity contribution in [3.8, 4) is 0 Å². The molecule has 0 saturated carbocycles. The number of hydrogen-bond acceptors (Lipinski definition) is 3. The maximum atomic E-state index is 5.40. The first-order valence-corrected chi connectivity index (χ1v) is 18.3. The van der Waals surface area contributed by atoms with E-state index in [4.69, 9.17) is 30.2 Å². The van der Waals surface area contributed by atoms with Gasteiger partial charge in [-0.15, -0.1) is 11.3 Å². The van der Waals surface area contributed by atoms with Crippen LogP contribution in [-0.4, -0.2) is 11.4 Å². The van der Waals surface area contributed by atoms with E-state index in [0.29, 0.717) is 0 Å². The van der Waals surface area contributed by atoms with E-state index < -0.39 is 0 Å². The van der Waals surface area contributed by atoms with E-state index in [1.54, 1.807) is 11.3 Å². The third-order valence-electron chi connectivity index (χ3n) is 7.69. The second-order valence-electron chi connectivity index (χ2n) is 11.2. The van der Waals surface area contributed by atoms with Crippen LogP contribution in [-0.2, 0) is 13.1 Å². The Morgan fingerprint density at radius 1 is 0.523 bits per heavy atom. The Morgan fingerprint density at radius 2 is 0.818 bits per heavy atom. The molecule has 0 fully saturated rings. The van der Waals surface area contributed by atoms with Gasteiger partial charge in [0.2, 0.25) is 0 Å². The van der Waals surface area contributed by atoms with Crippen LogP contribution in [0, 0.1) is 55.4 Å². The molecule has 0 saturated heterocycles. The van der Waals surface area contributed by atoms with Crippen molar-refractivity contribution in [2.24, 2.45) is 9.98 Å². The molecular formula is C38H38Cl2FeN2S. The molecule has 0 radical (unpaired) electrons. The zero-order valence-electron chi connectivity index (χ0n) is 26.5. The van der Waals surface area contributed by atoms with Crippen molar-refractivity contribution < 1.29 is 13.1 Å². The van der Waals surface area contributed by atoms with E-state index in [1.165, 1.54) is 54.3 Å². The minimum absolute atomic E-state index is 0.194. The van der Waals surface area contributed by atoms with Crippen molar-refractivity contribution in [2.75, 3.05) is 0 Å². The molecule has 4 aromatic carbocycles. The third-order valence-corrected chi connectivity index (χ3v) is 9.10. The fourth-order valence-corrected chi connectivity index (χ4v) is 6.99. The molecule has 44 heavy (non-hydrogen) atoms. The van der Waals surface area contributed by atoms with Crippen LogP contribution < -0.4 is 0 Å². The van der Waals surface area contributed by atoms with E-state index in [0.717, 1.165) is 33.9 Å². The normalized spacial score (nSPS) is 11.9. The molecule has 0 aliphatic carbocycles. The minimum atomic E-state index is 0.194. The first-order valence-electron chi connectivity index (χ1n) is 14.5. The zero-order chi connectivity index (χ0) is 32.0. The number of aryl methyl sites for hydroxylation is 6. The van der Waals surface area contributed by atoms with E-state index >= 15 is 0 Å². The standard InChI is InChI=1S/C38H38N2S.2ClH.Fe/c1-23-19-25(3)33(26(4)20-23)39-35(31-15-11-9-12-16-31)37-29(7)30(8)38(41-37)36(32-17-13-10-14-18-32)40-34-27(5)21-24(2)22-28(34)6;;;/h9-22H,1-8H3;2*1H;/q;;;+2/p-2. The second-order valence-corrected chi connectivity index (χ2v) is 14.1. The fourth-order valence-electron chi connectivity index (χ4n) is 5.65. The van der Waals surface area contributed by atoms with Crippen molar-refractivity contribution in [3.63, 3.8) is 0 Å². The Bertz CT molecular complexity index is 1650. The van der Waals surface area contributed by atoms with E-state index in [1.807, 2.05) is 0 Å². The molecule has 1 aromatic heterocycles. The molecule has 0 N–H and O–H groups in total. The summed E-state index contributed by atoms with van der Waals surface area (Å²) in [4.78, 5) is 13.2. The van der Waals surface area contributed by atoms with E-state index in [9.17, 15) is 0 Å². The second kappa shape index (κ2) is 15.3. The van der Waals surface area contributed by atoms with Gasteiger partial charge in [-0.05, 0) is 88.8 Å². The number of thiophene rings is 1. The number of benzene rings is 4. The van der Waals surface area contributed by atoms with E-state index in [2.05, 4.69) is 140 Å². The SMILES string of the molecule is Cc1cc(C)c(N=C(c2ccccc2)c2sc(C(=Nc3c(C)cc(C)cc3C)c3ccccc3)c(C)c2C)c(C)c1.[Cl][Fe][Cl]. The van der Waals surface area contributed by atoms with Crippen LogP contribution in [0.4, 0.5) is 11.4 Å². The van der Waals surface area contributed by atoms with Crippen molar-refractivity contribution in [1.29, 1.82) is 0 Å². The van der Waals surface area contributed by atoms with E-state index in [-0.39, 0.29) is 13.1 Å². The molecule has 0 atom stereocenters. The van der Waals surface area contributed by atoms with Gasteiger partial charge in [0.1, 0.15) is 0 Å². The average Bonchev–Trinajstić information content (AvgIpc) is 3.27. The number of hydrogen-bond donors (Lipinski definition) is 0. The van der Waals surface area contributed by atoms with Crippen LogP contribution in [0.25, 0.3) is 0 Å². The summed E-state index contributed by atoms with van der Waals surface area (Å²) in [5.74, 6) is 0. The summed E-state index contributed by atoms with van der Waals surface area (Å²) in [7, 11) is 9.53. The number of nitrogens with zero attached hydrogens (tertiary/aromatic N) is 2. The Kier molecular flexibility index (Phi) is 11.8. The number of rotatable bonds is 6. The Labute approximate surface area is 281 Å². The summed E-state index contributed by atoms with van der Waals surface area (Å²) in [6.07, 6.45) is 0. The van der Waals surface area contributed by atoms with Gasteiger partial charge in [-0.3, -0.25) is 0 Å². The summed E-state index contributed by atoms with van der Waals surface area (Å²) in [6, 6.07) is 30.0. The molecule has 228 valence electrons. The van der Waals surface area contributed by atoms with Crippen LogP contribution in [0.5, 0.6) is 0 Å². The Hall–Kier alpha value is -2.98. The first-order chi connectivity index (χ1) is 21.0. The molecule has 5 aromatic rings. The summed E-state index contributed by atoms with van der Waals surface area (Å²) >= 11 is 1.99. The van der Waals surface area contributed by atoms with Crippen LogP contribution in [0.1, 0.15) is 65.4 Å². The topological polar surface area (TPSA) is 24.7 Å². The summed E-state index contributed by atoms with van der Waals surface area (Å²) in [5.41, 5.74) is 16.1. The molecule has 0 spiro atoms. The van der Waals surface area contributed by atoms with Gasteiger partial charge in [-0.2, -0.15) is 0 Å². The maximum absolute atomic E-state index is 5.40. The van der Waals surface area contributed by atoms with Crippen LogP contribution in [0.3, 0.4) is 0 Å². The summed E-state index contributed by atoms with van der Waals surface area (Å²) in [6.45, 7) is 17.4. The van der Waals surface area contributed by atoms with Crippen molar-refractivity contribution in [2.45, 2.75) is 55.4 Å². The third kappa shape index (κ3) is 7.80. The van der Waals surface area contributed by atoms with Gasteiger partial charge >= 0.3 is 33.3 Å². The van der Waals surface area contributed by atoms with Crippen molar-refractivity contribution >= 4 is 54.3 Å². The zero-order valence-corrected chi connectivity index (χ0v) is 29.9. The Balaban J connectivity index is 0.00000141. The monoisotopic (exact) mass is 680 g/mol. The van der Waals surface area contributed by atoms with Gasteiger partial charge in [0.05, 0.1) is 32.6 Å². The molecule has 0 unspecified atom stereocenters. The molecule has 0 aliphatic heterocycles. The first kappa shape index (κ1) is 33.9. The molecule has 6 heteroatoms. The van der Waals surface area contributed by atoms with Crippen molar-refractivity contribution in [1.82, 2.24) is 0 Å². The molecule has 1 heterocycles. The van der Waals surface area contributed by atoms with Gasteiger partial charge in [0.25, 0.3) is 0 Å². The average molecular weight is 682 g/mol. The Morgan fingerprint density at radius 3 is 1.11 bits per heavy atom. The van der Waals surface area contributed by atoms with Gasteiger partial charge in [-0.1, -0.05) is 96.1 Å². The molecule has 0 aliphatic rings. The predicted molar refractivity (Wildman–Crippen MR) is 190 cm³/mol. The number of aliphatic imine (C=N–C) groups is 2. The van der Waals surface area contributed by atoms with Crippen molar-refractivity contribution in [3.05, 3.63) is 150 Å². The van der Waals surface area contributed by atoms with Crippen LogP contribution in [0.2, 0.25) is 0 Å². The molecule has 0 bridgehead atoms. The van der Waals surface area contributed by atoms with Crippen LogP contribution in [0.15, 0.2) is 94.9 Å². The van der Waals surface area contributed by atoms with Gasteiger partial charge < -0.3 is 0 Å². The quantitative estimate of drug-likeness (QED) is 0.126. The summed E-state index contributed by atoms with van der Waals surface area (Å²) in [5, 5.41) is 0. The fraction of sp³-hybridized carbons (Fsp3) is 0.211. The van der Waals surface area contributed by atoms with Gasteiger partial charge in [0.15, 0.2) is 0 Å². The predicted octanol–water partition coefficient (Wildman–Crippen LogP) is 11.9. The molecular weight excluding hydrogens is 643 g/mol. The molecule has 5 rings (SSSR count). The summed E-state index contributed by atoms with van der Waals surface area (Å²) < 4.78 is 0. The molecule has 0 amide bonds. The molecule has 2 nitrogen and oxygen atoms in total. The number of halogens is 2.